The lowest BCUT2D eigenvalue weighted by Crippen LogP contribution is -2.35. The lowest BCUT2D eigenvalue weighted by atomic mass is 10.1. The van der Waals surface area contributed by atoms with Crippen LogP contribution in [0.5, 0.6) is 11.5 Å². The minimum atomic E-state index is -0.356. The van der Waals surface area contributed by atoms with E-state index in [4.69, 9.17) is 9.47 Å². The van der Waals surface area contributed by atoms with Gasteiger partial charge in [0.1, 0.15) is 5.82 Å². The molecule has 150 valence electrons. The predicted octanol–water partition coefficient (Wildman–Crippen LogP) is 3.26. The summed E-state index contributed by atoms with van der Waals surface area (Å²) in [6, 6.07) is 10.8. The molecule has 2 aromatic carbocycles. The number of hydrogen-bond donors (Lipinski definition) is 1. The Hall–Kier alpha value is -3.09. The van der Waals surface area contributed by atoms with Crippen molar-refractivity contribution in [3.8, 4) is 11.5 Å². The zero-order valence-corrected chi connectivity index (χ0v) is 16.3. The molecule has 1 N–H and O–H groups in total. The topological polar surface area (TPSA) is 67.9 Å². The van der Waals surface area contributed by atoms with Gasteiger partial charge in [-0.15, -0.1) is 0 Å². The fraction of sp³-hybridized carbons (Fsp3) is 0.333. The molecule has 0 saturated carbocycles. The molecule has 7 heteroatoms. The monoisotopic (exact) mass is 388 g/mol. The van der Waals surface area contributed by atoms with Crippen LogP contribution in [0.4, 0.5) is 10.1 Å². The smallest absolute Gasteiger partial charge is 0.243 e. The molecule has 28 heavy (non-hydrogen) atoms. The number of nitrogens with one attached hydrogen (secondary N) is 1. The summed E-state index contributed by atoms with van der Waals surface area (Å²) in [7, 11) is 1.55. The maximum atomic E-state index is 12.9. The Kier molecular flexibility index (Phi) is 7.80. The predicted molar refractivity (Wildman–Crippen MR) is 105 cm³/mol. The van der Waals surface area contributed by atoms with Gasteiger partial charge in [0.2, 0.25) is 11.8 Å². The third kappa shape index (κ3) is 6.26. The molecule has 0 unspecified atom stereocenters. The van der Waals surface area contributed by atoms with Gasteiger partial charge in [-0.25, -0.2) is 4.39 Å². The van der Waals surface area contributed by atoms with E-state index in [0.29, 0.717) is 36.0 Å². The maximum absolute atomic E-state index is 12.9. The molecule has 6 nitrogen and oxygen atoms in total. The van der Waals surface area contributed by atoms with E-state index < -0.39 is 0 Å². The van der Waals surface area contributed by atoms with Crippen molar-refractivity contribution in [1.82, 2.24) is 4.90 Å². The SMILES string of the molecule is CCOc1ccc(NC(=O)CN(C)C(=O)Cc2ccc(F)cc2)cc1OCC. The van der Waals surface area contributed by atoms with Crippen molar-refractivity contribution in [2.45, 2.75) is 20.3 Å². The van der Waals surface area contributed by atoms with Gasteiger partial charge in [0.05, 0.1) is 26.2 Å². The van der Waals surface area contributed by atoms with Crippen LogP contribution in [-0.4, -0.2) is 43.5 Å². The molecule has 0 aliphatic rings. The van der Waals surface area contributed by atoms with Crippen LogP contribution in [0.1, 0.15) is 19.4 Å². The quantitative estimate of drug-likeness (QED) is 0.716. The van der Waals surface area contributed by atoms with Gasteiger partial charge in [-0.2, -0.15) is 0 Å². The molecule has 0 fully saturated rings. The van der Waals surface area contributed by atoms with Crippen molar-refractivity contribution in [1.29, 1.82) is 0 Å². The molecule has 2 rings (SSSR count). The second kappa shape index (κ2) is 10.3. The lowest BCUT2D eigenvalue weighted by molar-refractivity contribution is -0.132. The van der Waals surface area contributed by atoms with Crippen LogP contribution in [0.25, 0.3) is 0 Å². The van der Waals surface area contributed by atoms with Gasteiger partial charge < -0.3 is 19.7 Å². The third-order valence-electron chi connectivity index (χ3n) is 3.90. The second-order valence-corrected chi connectivity index (χ2v) is 6.13. The number of carbonyl (C=O) groups excluding carboxylic acids is 2. The summed E-state index contributed by atoms with van der Waals surface area (Å²) >= 11 is 0. The Morgan fingerprint density at radius 1 is 1.00 bits per heavy atom. The largest absolute Gasteiger partial charge is 0.490 e. The van der Waals surface area contributed by atoms with Crippen molar-refractivity contribution in [2.24, 2.45) is 0 Å². The summed E-state index contributed by atoms with van der Waals surface area (Å²) in [6.07, 6.45) is 0.0988. The van der Waals surface area contributed by atoms with Crippen LogP contribution in [0.3, 0.4) is 0 Å². The average Bonchev–Trinajstić information content (AvgIpc) is 2.66. The minimum absolute atomic E-state index is 0.0988. The van der Waals surface area contributed by atoms with Crippen molar-refractivity contribution < 1.29 is 23.5 Å². The number of anilines is 1. The summed E-state index contributed by atoms with van der Waals surface area (Å²) in [6.45, 7) is 4.62. The van der Waals surface area contributed by atoms with Crippen LogP contribution >= 0.6 is 0 Å². The number of ether oxygens (including phenoxy) is 2. The molecule has 0 aliphatic carbocycles. The fourth-order valence-corrected chi connectivity index (χ4v) is 2.54. The van der Waals surface area contributed by atoms with Crippen LogP contribution in [0.2, 0.25) is 0 Å². The molecule has 0 radical (unpaired) electrons. The Labute approximate surface area is 164 Å². The molecule has 0 heterocycles. The van der Waals surface area contributed by atoms with Gasteiger partial charge in [-0.1, -0.05) is 12.1 Å². The molecule has 0 aliphatic heterocycles. The van der Waals surface area contributed by atoms with E-state index >= 15 is 0 Å². The molecular formula is C21H25FN2O4. The highest BCUT2D eigenvalue weighted by molar-refractivity contribution is 5.95. The van der Waals surface area contributed by atoms with Gasteiger partial charge in [-0.3, -0.25) is 9.59 Å². The zero-order chi connectivity index (χ0) is 20.5. The van der Waals surface area contributed by atoms with E-state index in [1.165, 1.54) is 17.0 Å². The fourth-order valence-electron chi connectivity index (χ4n) is 2.54. The number of carbonyl (C=O) groups is 2. The van der Waals surface area contributed by atoms with Gasteiger partial charge >= 0.3 is 0 Å². The first-order valence-electron chi connectivity index (χ1n) is 9.10. The minimum Gasteiger partial charge on any atom is -0.490 e. The van der Waals surface area contributed by atoms with Crippen molar-refractivity contribution in [2.75, 3.05) is 32.1 Å². The van der Waals surface area contributed by atoms with E-state index in [1.54, 1.807) is 37.4 Å². The van der Waals surface area contributed by atoms with Crippen LogP contribution in [0.15, 0.2) is 42.5 Å². The number of rotatable bonds is 9. The highest BCUT2D eigenvalue weighted by atomic mass is 19.1. The first-order valence-corrected chi connectivity index (χ1v) is 9.10. The van der Waals surface area contributed by atoms with E-state index in [2.05, 4.69) is 5.32 Å². The number of hydrogen-bond acceptors (Lipinski definition) is 4. The van der Waals surface area contributed by atoms with Crippen molar-refractivity contribution in [3.05, 3.63) is 53.8 Å². The zero-order valence-electron chi connectivity index (χ0n) is 16.3. The van der Waals surface area contributed by atoms with Gasteiger partial charge in [0.25, 0.3) is 0 Å². The number of nitrogens with zero attached hydrogens (tertiary/aromatic N) is 1. The van der Waals surface area contributed by atoms with Crippen LogP contribution in [-0.2, 0) is 16.0 Å². The molecule has 0 saturated heterocycles. The average molecular weight is 388 g/mol. The molecule has 0 aromatic heterocycles. The van der Waals surface area contributed by atoms with Gasteiger partial charge in [0.15, 0.2) is 11.5 Å². The number of amides is 2. The molecule has 0 bridgehead atoms. The highest BCUT2D eigenvalue weighted by Crippen LogP contribution is 2.30. The van der Waals surface area contributed by atoms with E-state index in [9.17, 15) is 14.0 Å². The molecule has 0 spiro atoms. The van der Waals surface area contributed by atoms with E-state index in [-0.39, 0.29) is 30.6 Å². The summed E-state index contributed by atoms with van der Waals surface area (Å²) in [4.78, 5) is 25.9. The third-order valence-corrected chi connectivity index (χ3v) is 3.90. The Bertz CT molecular complexity index is 809. The van der Waals surface area contributed by atoms with Crippen LogP contribution in [0, 0.1) is 5.82 Å². The van der Waals surface area contributed by atoms with Gasteiger partial charge in [0, 0.05) is 18.8 Å². The first-order chi connectivity index (χ1) is 13.4. The Balaban J connectivity index is 1.94. The highest BCUT2D eigenvalue weighted by Gasteiger charge is 2.15. The lowest BCUT2D eigenvalue weighted by Gasteiger charge is -2.17. The molecular weight excluding hydrogens is 363 g/mol. The number of benzene rings is 2. The van der Waals surface area contributed by atoms with Crippen LogP contribution < -0.4 is 14.8 Å². The molecule has 0 atom stereocenters. The van der Waals surface area contributed by atoms with E-state index in [0.717, 1.165) is 0 Å². The normalized spacial score (nSPS) is 10.3. The van der Waals surface area contributed by atoms with Gasteiger partial charge in [-0.05, 0) is 43.7 Å². The van der Waals surface area contributed by atoms with E-state index in [1.807, 2.05) is 13.8 Å². The molecule has 2 aromatic rings. The first kappa shape index (κ1) is 21.2. The summed E-state index contributed by atoms with van der Waals surface area (Å²) in [5.74, 6) is 0.229. The summed E-state index contributed by atoms with van der Waals surface area (Å²) in [5, 5.41) is 2.75. The second-order valence-electron chi connectivity index (χ2n) is 6.13. The Morgan fingerprint density at radius 2 is 1.64 bits per heavy atom. The summed E-state index contributed by atoms with van der Waals surface area (Å²) in [5.41, 5.74) is 1.24. The Morgan fingerprint density at radius 3 is 2.29 bits per heavy atom. The maximum Gasteiger partial charge on any atom is 0.243 e. The standard InChI is InChI=1S/C21H25FN2O4/c1-4-27-18-11-10-17(13-19(18)28-5-2)23-20(25)14-24(3)21(26)12-15-6-8-16(22)9-7-15/h6-11,13H,4-5,12,14H2,1-3H3,(H,23,25). The van der Waals surface area contributed by atoms with Crippen molar-refractivity contribution >= 4 is 17.5 Å². The number of halogens is 1. The summed E-state index contributed by atoms with van der Waals surface area (Å²) < 4.78 is 24.0. The van der Waals surface area contributed by atoms with Crippen molar-refractivity contribution in [3.63, 3.8) is 0 Å². The number of likely N-dealkylation sites (N-methyl/N-ethyl adjacent to an activating group) is 1. The molecule has 2 amide bonds.